The highest BCUT2D eigenvalue weighted by Crippen LogP contribution is 2.21. The summed E-state index contributed by atoms with van der Waals surface area (Å²) in [4.78, 5) is 28.8. The van der Waals surface area contributed by atoms with E-state index in [4.69, 9.17) is 11.6 Å². The number of amides is 2. The predicted octanol–water partition coefficient (Wildman–Crippen LogP) is 3.62. The van der Waals surface area contributed by atoms with Gasteiger partial charge < -0.3 is 10.2 Å². The number of carbonyl (C=O) groups excluding carboxylic acids is 2. The lowest BCUT2D eigenvalue weighted by atomic mass is 9.97. The Labute approximate surface area is 171 Å². The minimum atomic E-state index is -0.0921. The summed E-state index contributed by atoms with van der Waals surface area (Å²) in [7, 11) is 0. The molecule has 148 valence electrons. The number of para-hydroxylation sites is 1. The van der Waals surface area contributed by atoms with E-state index in [0.717, 1.165) is 0 Å². The number of anilines is 1. The molecule has 1 N–H and O–H groups in total. The second-order valence-electron chi connectivity index (χ2n) is 7.20. The van der Waals surface area contributed by atoms with Gasteiger partial charge in [-0.15, -0.1) is 0 Å². The Morgan fingerprint density at radius 2 is 1.64 bits per heavy atom. The average Bonchev–Trinajstić information content (AvgIpc) is 2.71. The zero-order valence-corrected chi connectivity index (χ0v) is 16.9. The van der Waals surface area contributed by atoms with Gasteiger partial charge in [-0.2, -0.15) is 0 Å². The Kier molecular flexibility index (Phi) is 7.06. The lowest BCUT2D eigenvalue weighted by Crippen LogP contribution is -2.50. The van der Waals surface area contributed by atoms with Crippen molar-refractivity contribution in [2.24, 2.45) is 0 Å². The van der Waals surface area contributed by atoms with E-state index in [0.29, 0.717) is 49.9 Å². The zero-order chi connectivity index (χ0) is 19.9. The molecule has 2 aromatic rings. The Bertz CT molecular complexity index is 804. The maximum absolute atomic E-state index is 12.6. The van der Waals surface area contributed by atoms with Crippen molar-refractivity contribution >= 4 is 29.1 Å². The van der Waals surface area contributed by atoms with Gasteiger partial charge in [0.15, 0.2) is 0 Å². The molecular weight excluding hydrogens is 374 g/mol. The Balaban J connectivity index is 1.43. The monoisotopic (exact) mass is 399 g/mol. The van der Waals surface area contributed by atoms with Gasteiger partial charge in [0.25, 0.3) is 0 Å². The Morgan fingerprint density at radius 3 is 2.32 bits per heavy atom. The van der Waals surface area contributed by atoms with Crippen LogP contribution in [-0.4, -0.2) is 54.3 Å². The lowest BCUT2D eigenvalue weighted by Gasteiger charge is -2.34. The Morgan fingerprint density at radius 1 is 1.00 bits per heavy atom. The van der Waals surface area contributed by atoms with Crippen molar-refractivity contribution < 1.29 is 9.59 Å². The van der Waals surface area contributed by atoms with Crippen molar-refractivity contribution in [1.82, 2.24) is 9.80 Å². The number of carbonyl (C=O) groups is 2. The molecule has 1 aliphatic heterocycles. The number of piperazine rings is 1. The summed E-state index contributed by atoms with van der Waals surface area (Å²) in [5, 5.41) is 3.37. The van der Waals surface area contributed by atoms with Crippen LogP contribution < -0.4 is 5.32 Å². The van der Waals surface area contributed by atoms with Gasteiger partial charge in [-0.05, 0) is 23.6 Å². The summed E-state index contributed by atoms with van der Waals surface area (Å²) < 4.78 is 0. The third-order valence-corrected chi connectivity index (χ3v) is 5.42. The van der Waals surface area contributed by atoms with E-state index in [1.807, 2.05) is 35.2 Å². The maximum Gasteiger partial charge on any atom is 0.238 e. The molecule has 28 heavy (non-hydrogen) atoms. The molecule has 0 bridgehead atoms. The van der Waals surface area contributed by atoms with E-state index in [1.165, 1.54) is 5.56 Å². The SMILES string of the molecule is CC(CC(=O)N1CCN(CC(=O)Nc2ccccc2Cl)CC1)c1ccccc1. The molecule has 0 radical (unpaired) electrons. The highest BCUT2D eigenvalue weighted by Gasteiger charge is 2.24. The van der Waals surface area contributed by atoms with Gasteiger partial charge in [0.1, 0.15) is 0 Å². The maximum atomic E-state index is 12.6. The first-order valence-corrected chi connectivity index (χ1v) is 10.00. The average molecular weight is 400 g/mol. The molecule has 1 aliphatic rings. The van der Waals surface area contributed by atoms with E-state index in [1.54, 1.807) is 12.1 Å². The minimum absolute atomic E-state index is 0.0921. The van der Waals surface area contributed by atoms with Crippen LogP contribution in [-0.2, 0) is 9.59 Å². The molecule has 6 heteroatoms. The molecule has 1 unspecified atom stereocenters. The van der Waals surface area contributed by atoms with E-state index >= 15 is 0 Å². The molecule has 1 fully saturated rings. The predicted molar refractivity (Wildman–Crippen MR) is 113 cm³/mol. The highest BCUT2D eigenvalue weighted by atomic mass is 35.5. The van der Waals surface area contributed by atoms with Crippen molar-refractivity contribution in [2.75, 3.05) is 38.0 Å². The number of benzene rings is 2. The smallest absolute Gasteiger partial charge is 0.238 e. The first kappa shape index (κ1) is 20.4. The van der Waals surface area contributed by atoms with Crippen LogP contribution in [0.4, 0.5) is 5.69 Å². The lowest BCUT2D eigenvalue weighted by molar-refractivity contribution is -0.133. The van der Waals surface area contributed by atoms with Gasteiger partial charge >= 0.3 is 0 Å². The minimum Gasteiger partial charge on any atom is -0.340 e. The quantitative estimate of drug-likeness (QED) is 0.807. The Hall–Kier alpha value is -2.37. The fourth-order valence-corrected chi connectivity index (χ4v) is 3.58. The first-order chi connectivity index (χ1) is 13.5. The van der Waals surface area contributed by atoms with Crippen LogP contribution in [0.3, 0.4) is 0 Å². The zero-order valence-electron chi connectivity index (χ0n) is 16.1. The van der Waals surface area contributed by atoms with E-state index in [-0.39, 0.29) is 17.7 Å². The van der Waals surface area contributed by atoms with Crippen molar-refractivity contribution in [2.45, 2.75) is 19.3 Å². The molecule has 2 aromatic carbocycles. The van der Waals surface area contributed by atoms with Crippen molar-refractivity contribution in [3.63, 3.8) is 0 Å². The molecule has 0 saturated carbocycles. The van der Waals surface area contributed by atoms with Crippen molar-refractivity contribution in [3.8, 4) is 0 Å². The second kappa shape index (κ2) is 9.71. The molecule has 1 heterocycles. The molecule has 0 aliphatic carbocycles. The second-order valence-corrected chi connectivity index (χ2v) is 7.61. The molecule has 5 nitrogen and oxygen atoms in total. The summed E-state index contributed by atoms with van der Waals surface area (Å²) >= 11 is 6.08. The fraction of sp³-hybridized carbons (Fsp3) is 0.364. The number of rotatable bonds is 6. The van der Waals surface area contributed by atoms with Gasteiger partial charge in [0.05, 0.1) is 17.3 Å². The van der Waals surface area contributed by atoms with E-state index < -0.39 is 0 Å². The summed E-state index contributed by atoms with van der Waals surface area (Å²) in [6.07, 6.45) is 0.511. The molecule has 1 atom stereocenters. The third kappa shape index (κ3) is 5.57. The topological polar surface area (TPSA) is 52.7 Å². The number of nitrogens with zero attached hydrogens (tertiary/aromatic N) is 2. The molecule has 2 amide bonds. The summed E-state index contributed by atoms with van der Waals surface area (Å²) in [5.74, 6) is 0.287. The van der Waals surface area contributed by atoms with Crippen LogP contribution in [0.2, 0.25) is 5.02 Å². The standard InChI is InChI=1S/C22H26ClN3O2/c1-17(18-7-3-2-4-8-18)15-22(28)26-13-11-25(12-14-26)16-21(27)24-20-10-6-5-9-19(20)23/h2-10,17H,11-16H2,1H3,(H,24,27). The largest absolute Gasteiger partial charge is 0.340 e. The highest BCUT2D eigenvalue weighted by molar-refractivity contribution is 6.33. The normalized spacial score (nSPS) is 15.9. The van der Waals surface area contributed by atoms with Gasteiger partial charge in [-0.1, -0.05) is 61.0 Å². The van der Waals surface area contributed by atoms with Crippen LogP contribution in [0.1, 0.15) is 24.8 Å². The van der Waals surface area contributed by atoms with E-state index in [9.17, 15) is 9.59 Å². The van der Waals surface area contributed by atoms with Crippen LogP contribution in [0.15, 0.2) is 54.6 Å². The first-order valence-electron chi connectivity index (χ1n) is 9.62. The van der Waals surface area contributed by atoms with Crippen LogP contribution in [0.25, 0.3) is 0 Å². The number of hydrogen-bond acceptors (Lipinski definition) is 3. The van der Waals surface area contributed by atoms with Gasteiger partial charge in [0, 0.05) is 32.6 Å². The molecule has 0 aromatic heterocycles. The van der Waals surface area contributed by atoms with Crippen molar-refractivity contribution in [1.29, 1.82) is 0 Å². The summed E-state index contributed by atoms with van der Waals surface area (Å²) in [5.41, 5.74) is 1.81. The number of nitrogens with one attached hydrogen (secondary N) is 1. The summed E-state index contributed by atoms with van der Waals surface area (Å²) in [6.45, 7) is 5.08. The molecule has 0 spiro atoms. The molecule has 3 rings (SSSR count). The van der Waals surface area contributed by atoms with Gasteiger partial charge in [0.2, 0.25) is 11.8 Å². The number of halogens is 1. The molecular formula is C22H26ClN3O2. The summed E-state index contributed by atoms with van der Waals surface area (Å²) in [6, 6.07) is 17.3. The fourth-order valence-electron chi connectivity index (χ4n) is 3.40. The van der Waals surface area contributed by atoms with E-state index in [2.05, 4.69) is 29.3 Å². The van der Waals surface area contributed by atoms with Crippen molar-refractivity contribution in [3.05, 3.63) is 65.2 Å². The number of hydrogen-bond donors (Lipinski definition) is 1. The van der Waals surface area contributed by atoms with Gasteiger partial charge in [-0.25, -0.2) is 0 Å². The van der Waals surface area contributed by atoms with Crippen LogP contribution >= 0.6 is 11.6 Å². The van der Waals surface area contributed by atoms with Crippen LogP contribution in [0.5, 0.6) is 0 Å². The third-order valence-electron chi connectivity index (χ3n) is 5.09. The molecule has 1 saturated heterocycles. The van der Waals surface area contributed by atoms with Crippen LogP contribution in [0, 0.1) is 0 Å². The van der Waals surface area contributed by atoms with Gasteiger partial charge in [-0.3, -0.25) is 14.5 Å².